The van der Waals surface area contributed by atoms with Crippen LogP contribution in [-0.2, 0) is 9.53 Å². The molecule has 1 saturated carbocycles. The van der Waals surface area contributed by atoms with Crippen LogP contribution in [0, 0.1) is 17.6 Å². The van der Waals surface area contributed by atoms with Crippen molar-refractivity contribution in [2.75, 3.05) is 7.11 Å². The van der Waals surface area contributed by atoms with Gasteiger partial charge in [0.2, 0.25) is 0 Å². The predicted octanol–water partition coefficient (Wildman–Crippen LogP) is 2.04. The van der Waals surface area contributed by atoms with E-state index in [1.54, 1.807) is 0 Å². The SMILES string of the molecule is COC(=O)C[C@@H](NC(=O)c1ccc(F)cc1F)C1CC1. The van der Waals surface area contributed by atoms with E-state index in [1.165, 1.54) is 7.11 Å². The van der Waals surface area contributed by atoms with Crippen molar-refractivity contribution in [1.29, 1.82) is 0 Å². The second kappa shape index (κ2) is 5.98. The largest absolute Gasteiger partial charge is 0.469 e. The maximum absolute atomic E-state index is 13.5. The first-order chi connectivity index (χ1) is 9.51. The fraction of sp³-hybridized carbons (Fsp3) is 0.429. The molecule has 2 rings (SSSR count). The third-order valence-corrected chi connectivity index (χ3v) is 3.30. The lowest BCUT2D eigenvalue weighted by atomic mass is 10.1. The zero-order valence-electron chi connectivity index (χ0n) is 11.0. The number of nitrogens with one attached hydrogen (secondary N) is 1. The molecule has 1 aliphatic rings. The summed E-state index contributed by atoms with van der Waals surface area (Å²) in [7, 11) is 1.27. The molecular weight excluding hydrogens is 268 g/mol. The van der Waals surface area contributed by atoms with Gasteiger partial charge < -0.3 is 10.1 Å². The first-order valence-corrected chi connectivity index (χ1v) is 6.34. The fourth-order valence-corrected chi connectivity index (χ4v) is 2.02. The van der Waals surface area contributed by atoms with Crippen molar-refractivity contribution >= 4 is 11.9 Å². The lowest BCUT2D eigenvalue weighted by Crippen LogP contribution is -2.38. The molecule has 1 aromatic rings. The lowest BCUT2D eigenvalue weighted by Gasteiger charge is -2.17. The molecule has 0 heterocycles. The number of amides is 1. The van der Waals surface area contributed by atoms with Crippen LogP contribution in [0.3, 0.4) is 0 Å². The number of hydrogen-bond donors (Lipinski definition) is 1. The first-order valence-electron chi connectivity index (χ1n) is 6.34. The molecule has 1 aromatic carbocycles. The van der Waals surface area contributed by atoms with Crippen LogP contribution < -0.4 is 5.32 Å². The van der Waals surface area contributed by atoms with Crippen LogP contribution >= 0.6 is 0 Å². The zero-order valence-corrected chi connectivity index (χ0v) is 11.0. The second-order valence-corrected chi connectivity index (χ2v) is 4.82. The molecule has 0 saturated heterocycles. The molecule has 1 atom stereocenters. The molecule has 4 nitrogen and oxygen atoms in total. The van der Waals surface area contributed by atoms with Gasteiger partial charge in [-0.3, -0.25) is 9.59 Å². The number of carbonyl (C=O) groups is 2. The van der Waals surface area contributed by atoms with Gasteiger partial charge in [-0.25, -0.2) is 8.78 Å². The Morgan fingerprint density at radius 1 is 1.40 bits per heavy atom. The molecule has 20 heavy (non-hydrogen) atoms. The van der Waals surface area contributed by atoms with Gasteiger partial charge >= 0.3 is 5.97 Å². The number of benzene rings is 1. The van der Waals surface area contributed by atoms with Crippen LogP contribution in [-0.4, -0.2) is 25.0 Å². The first kappa shape index (κ1) is 14.4. The standard InChI is InChI=1S/C14H15F2NO3/c1-20-13(18)7-12(8-2-3-8)17-14(19)10-5-4-9(15)6-11(10)16/h4-6,8,12H,2-3,7H2,1H3,(H,17,19)/t12-/m1/s1. The Kier molecular flexibility index (Phi) is 4.32. The van der Waals surface area contributed by atoms with Crippen molar-refractivity contribution in [3.8, 4) is 0 Å². The van der Waals surface area contributed by atoms with Crippen molar-refractivity contribution in [3.63, 3.8) is 0 Å². The summed E-state index contributed by atoms with van der Waals surface area (Å²) in [6.45, 7) is 0. The Bertz CT molecular complexity index is 529. The van der Waals surface area contributed by atoms with Gasteiger partial charge in [0.15, 0.2) is 0 Å². The Morgan fingerprint density at radius 2 is 2.10 bits per heavy atom. The molecule has 1 fully saturated rings. The van der Waals surface area contributed by atoms with Crippen LogP contribution in [0.2, 0.25) is 0 Å². The van der Waals surface area contributed by atoms with Crippen LogP contribution in [0.4, 0.5) is 8.78 Å². The van der Waals surface area contributed by atoms with E-state index in [2.05, 4.69) is 10.1 Å². The Hall–Kier alpha value is -1.98. The molecule has 6 heteroatoms. The van der Waals surface area contributed by atoms with Gasteiger partial charge in [-0.1, -0.05) is 0 Å². The van der Waals surface area contributed by atoms with Gasteiger partial charge in [-0.15, -0.1) is 0 Å². The number of ether oxygens (including phenoxy) is 1. The molecule has 1 N–H and O–H groups in total. The minimum atomic E-state index is -0.921. The zero-order chi connectivity index (χ0) is 14.7. The number of esters is 1. The molecule has 0 aromatic heterocycles. The van der Waals surface area contributed by atoms with Gasteiger partial charge in [0, 0.05) is 12.1 Å². The summed E-state index contributed by atoms with van der Waals surface area (Å²) in [6, 6.07) is 2.38. The van der Waals surface area contributed by atoms with E-state index < -0.39 is 23.5 Å². The van der Waals surface area contributed by atoms with E-state index in [4.69, 9.17) is 0 Å². The maximum Gasteiger partial charge on any atom is 0.307 e. The van der Waals surface area contributed by atoms with Gasteiger partial charge in [0.25, 0.3) is 5.91 Å². The third-order valence-electron chi connectivity index (χ3n) is 3.30. The molecule has 1 aliphatic carbocycles. The van der Waals surface area contributed by atoms with Crippen LogP contribution in [0.1, 0.15) is 29.6 Å². The Labute approximate surface area is 115 Å². The molecule has 0 spiro atoms. The molecule has 0 aliphatic heterocycles. The number of halogens is 2. The van der Waals surface area contributed by atoms with E-state index in [9.17, 15) is 18.4 Å². The molecule has 1 amide bonds. The summed E-state index contributed by atoms with van der Waals surface area (Å²) in [6.07, 6.45) is 1.87. The third kappa shape index (κ3) is 3.53. The van der Waals surface area contributed by atoms with Gasteiger partial charge in [-0.2, -0.15) is 0 Å². The average molecular weight is 283 g/mol. The van der Waals surface area contributed by atoms with Crippen molar-refractivity contribution < 1.29 is 23.1 Å². The summed E-state index contributed by atoms with van der Waals surface area (Å²) in [5.41, 5.74) is -0.234. The summed E-state index contributed by atoms with van der Waals surface area (Å²) < 4.78 is 30.9. The topological polar surface area (TPSA) is 55.4 Å². The normalized spacial score (nSPS) is 15.6. The minimum absolute atomic E-state index is 0.0513. The van der Waals surface area contributed by atoms with E-state index in [1.807, 2.05) is 0 Å². The highest BCUT2D eigenvalue weighted by atomic mass is 19.1. The quantitative estimate of drug-likeness (QED) is 0.841. The fourth-order valence-electron chi connectivity index (χ4n) is 2.02. The summed E-state index contributed by atoms with van der Waals surface area (Å²) in [5.74, 6) is -2.53. The monoisotopic (exact) mass is 283 g/mol. The van der Waals surface area contributed by atoms with Gasteiger partial charge in [0.05, 0.1) is 19.1 Å². The smallest absolute Gasteiger partial charge is 0.307 e. The minimum Gasteiger partial charge on any atom is -0.469 e. The molecule has 0 radical (unpaired) electrons. The Balaban J connectivity index is 2.06. The van der Waals surface area contributed by atoms with E-state index in [-0.39, 0.29) is 23.9 Å². The molecule has 108 valence electrons. The van der Waals surface area contributed by atoms with E-state index in [0.29, 0.717) is 6.07 Å². The second-order valence-electron chi connectivity index (χ2n) is 4.82. The van der Waals surface area contributed by atoms with Crippen LogP contribution in [0.15, 0.2) is 18.2 Å². The number of rotatable bonds is 5. The van der Waals surface area contributed by atoms with Crippen molar-refractivity contribution in [3.05, 3.63) is 35.4 Å². The van der Waals surface area contributed by atoms with E-state index >= 15 is 0 Å². The molecule has 0 unspecified atom stereocenters. The Morgan fingerprint density at radius 3 is 2.65 bits per heavy atom. The summed E-state index contributed by atoms with van der Waals surface area (Å²) in [5, 5.41) is 2.62. The number of hydrogen-bond acceptors (Lipinski definition) is 3. The van der Waals surface area contributed by atoms with Gasteiger partial charge in [-0.05, 0) is 30.9 Å². The van der Waals surface area contributed by atoms with Crippen molar-refractivity contribution in [2.24, 2.45) is 5.92 Å². The van der Waals surface area contributed by atoms with Crippen molar-refractivity contribution in [1.82, 2.24) is 5.32 Å². The maximum atomic E-state index is 13.5. The predicted molar refractivity (Wildman–Crippen MR) is 67.0 cm³/mol. The van der Waals surface area contributed by atoms with E-state index in [0.717, 1.165) is 25.0 Å². The summed E-state index contributed by atoms with van der Waals surface area (Å²) >= 11 is 0. The highest BCUT2D eigenvalue weighted by Crippen LogP contribution is 2.34. The molecule has 0 bridgehead atoms. The van der Waals surface area contributed by atoms with Crippen LogP contribution in [0.25, 0.3) is 0 Å². The highest BCUT2D eigenvalue weighted by molar-refractivity contribution is 5.94. The number of methoxy groups -OCH3 is 1. The highest BCUT2D eigenvalue weighted by Gasteiger charge is 2.34. The average Bonchev–Trinajstić information content (AvgIpc) is 3.21. The lowest BCUT2D eigenvalue weighted by molar-refractivity contribution is -0.141. The molecular formula is C14H15F2NO3. The van der Waals surface area contributed by atoms with Gasteiger partial charge in [0.1, 0.15) is 11.6 Å². The summed E-state index contributed by atoms with van der Waals surface area (Å²) in [4.78, 5) is 23.3. The van der Waals surface area contributed by atoms with Crippen LogP contribution in [0.5, 0.6) is 0 Å². The van der Waals surface area contributed by atoms with Crippen molar-refractivity contribution in [2.45, 2.75) is 25.3 Å². The number of carbonyl (C=O) groups excluding carboxylic acids is 2.